The Morgan fingerprint density at radius 2 is 0.939 bits per heavy atom. The van der Waals surface area contributed by atoms with Gasteiger partial charge in [-0.3, -0.25) is 0 Å². The second-order valence-corrected chi connectivity index (χ2v) is 21.9. The molecule has 0 atom stereocenters. The van der Waals surface area contributed by atoms with Gasteiger partial charge in [0.05, 0.1) is 0 Å². The molecule has 7 aromatic carbocycles. The Labute approximate surface area is 395 Å². The summed E-state index contributed by atoms with van der Waals surface area (Å²) in [6.07, 6.45) is 4.22. The van der Waals surface area contributed by atoms with Crippen LogP contribution in [-0.2, 0) is 21.7 Å². The van der Waals surface area contributed by atoms with Crippen LogP contribution in [0.4, 0.5) is 34.1 Å². The summed E-state index contributed by atoms with van der Waals surface area (Å²) in [4.78, 5) is 5.13. The van der Waals surface area contributed by atoms with Crippen molar-refractivity contribution in [2.75, 3.05) is 9.80 Å². The van der Waals surface area contributed by atoms with Crippen molar-refractivity contribution in [3.8, 4) is 11.1 Å². The van der Waals surface area contributed by atoms with E-state index >= 15 is 0 Å². The lowest BCUT2D eigenvalue weighted by Crippen LogP contribution is -2.61. The molecular formula is C62H67BN2O. The zero-order chi connectivity index (χ0) is 46.5. The van der Waals surface area contributed by atoms with Gasteiger partial charge in [-0.15, -0.1) is 0 Å². The molecule has 2 aliphatic rings. The maximum Gasteiger partial charge on any atom is 0.252 e. The Kier molecular flexibility index (Phi) is 10.5. The van der Waals surface area contributed by atoms with Crippen LogP contribution >= 0.6 is 0 Å². The third-order valence-corrected chi connectivity index (χ3v) is 16.7. The molecular weight excluding hydrogens is 800 g/mol. The normalized spacial score (nSPS) is 13.9. The summed E-state index contributed by atoms with van der Waals surface area (Å²) >= 11 is 0. The highest BCUT2D eigenvalue weighted by molar-refractivity contribution is 7.00. The number of fused-ring (bicyclic) bond motifs is 7. The molecule has 8 aromatic rings. The third-order valence-electron chi connectivity index (χ3n) is 16.7. The summed E-state index contributed by atoms with van der Waals surface area (Å²) in [6.45, 7) is 28.3. The van der Waals surface area contributed by atoms with Crippen molar-refractivity contribution in [3.63, 3.8) is 0 Å². The van der Waals surface area contributed by atoms with Gasteiger partial charge in [-0.25, -0.2) is 0 Å². The number of anilines is 6. The van der Waals surface area contributed by atoms with E-state index < -0.39 is 0 Å². The molecule has 0 fully saturated rings. The molecule has 0 spiro atoms. The Balaban J connectivity index is 1.25. The molecule has 0 bridgehead atoms. The van der Waals surface area contributed by atoms with Gasteiger partial charge in [0.1, 0.15) is 11.2 Å². The molecule has 0 radical (unpaired) electrons. The number of hydrogen-bond donors (Lipinski definition) is 0. The molecule has 0 aliphatic carbocycles. The van der Waals surface area contributed by atoms with Crippen LogP contribution in [0.5, 0.6) is 0 Å². The molecule has 3 nitrogen and oxygen atoms in total. The van der Waals surface area contributed by atoms with E-state index in [0.29, 0.717) is 0 Å². The van der Waals surface area contributed by atoms with Crippen LogP contribution in [0.25, 0.3) is 33.1 Å². The van der Waals surface area contributed by atoms with Crippen molar-refractivity contribution in [3.05, 3.63) is 162 Å². The van der Waals surface area contributed by atoms with Crippen LogP contribution in [-0.4, -0.2) is 6.71 Å². The van der Waals surface area contributed by atoms with E-state index in [9.17, 15) is 0 Å². The van der Waals surface area contributed by atoms with Gasteiger partial charge in [0, 0.05) is 44.9 Å². The first-order valence-corrected chi connectivity index (χ1v) is 24.7. The summed E-state index contributed by atoms with van der Waals surface area (Å²) in [6, 6.07) is 53.7. The average molecular weight is 867 g/mol. The standard InChI is InChI=1S/C62H67BN2O/c1-13-59(5,6)41-25-29-44(30-26-41)64-52-34-27-42(60(7,8)14-2)37-50(52)63-51-38-43(61(9,10)15-3)28-35-53(51)65(55-22-19-21-54(64)58(55)63)45-31-33-49(62(11,12)16-4)48(39-45)40-24-32-47-46-20-17-18-23-56(46)66-57(47)36-40/h17-39H,13-16H2,1-12H3. The van der Waals surface area contributed by atoms with Crippen LogP contribution < -0.4 is 26.2 Å². The molecule has 66 heavy (non-hydrogen) atoms. The lowest BCUT2D eigenvalue weighted by atomic mass is 9.33. The molecule has 0 N–H and O–H groups in total. The summed E-state index contributed by atoms with van der Waals surface area (Å²) in [5.41, 5.74) is 21.2. The number of benzene rings is 7. The van der Waals surface area contributed by atoms with Gasteiger partial charge in [0.2, 0.25) is 0 Å². The van der Waals surface area contributed by atoms with Gasteiger partial charge in [0.25, 0.3) is 6.71 Å². The Morgan fingerprint density at radius 1 is 0.424 bits per heavy atom. The van der Waals surface area contributed by atoms with Crippen molar-refractivity contribution in [2.45, 2.75) is 130 Å². The van der Waals surface area contributed by atoms with Crippen LogP contribution in [0.1, 0.15) is 131 Å². The summed E-state index contributed by atoms with van der Waals surface area (Å²) in [7, 11) is 0. The van der Waals surface area contributed by atoms with Gasteiger partial charge >= 0.3 is 0 Å². The quantitative estimate of drug-likeness (QED) is 0.121. The van der Waals surface area contributed by atoms with Crippen molar-refractivity contribution in [1.29, 1.82) is 0 Å². The highest BCUT2D eigenvalue weighted by atomic mass is 16.3. The molecule has 2 aliphatic heterocycles. The fourth-order valence-corrected chi connectivity index (χ4v) is 10.6. The summed E-state index contributed by atoms with van der Waals surface area (Å²) in [5, 5.41) is 2.31. The maximum absolute atomic E-state index is 6.52. The minimum atomic E-state index is -0.0514. The molecule has 0 amide bonds. The first-order valence-electron chi connectivity index (χ1n) is 24.7. The number of para-hydroxylation sites is 1. The number of rotatable bonds is 11. The average Bonchev–Trinajstić information content (AvgIpc) is 3.71. The highest BCUT2D eigenvalue weighted by Crippen LogP contribution is 2.48. The monoisotopic (exact) mass is 867 g/mol. The van der Waals surface area contributed by atoms with Gasteiger partial charge in [-0.2, -0.15) is 0 Å². The van der Waals surface area contributed by atoms with Crippen molar-refractivity contribution >= 4 is 79.2 Å². The van der Waals surface area contributed by atoms with Gasteiger partial charge in [-0.05, 0) is 164 Å². The number of hydrogen-bond acceptors (Lipinski definition) is 3. The smallest absolute Gasteiger partial charge is 0.252 e. The largest absolute Gasteiger partial charge is 0.456 e. The van der Waals surface area contributed by atoms with Crippen LogP contribution in [0, 0.1) is 0 Å². The van der Waals surface area contributed by atoms with E-state index in [0.717, 1.165) is 53.3 Å². The molecule has 3 heterocycles. The lowest BCUT2D eigenvalue weighted by Gasteiger charge is -2.45. The fourth-order valence-electron chi connectivity index (χ4n) is 10.6. The second kappa shape index (κ2) is 15.8. The SMILES string of the molecule is CCC(C)(C)c1ccc(N2c3ccc(C(C)(C)CC)cc3B3c4cc(C(C)(C)CC)ccc4N(c4ccc(C(C)(C)CC)c(-c5ccc6c(c5)oc5ccccc56)c4)c4cccc2c43)cc1. The first-order chi connectivity index (χ1) is 31.5. The molecule has 4 heteroatoms. The topological polar surface area (TPSA) is 19.6 Å². The van der Waals surface area contributed by atoms with Crippen molar-refractivity contribution < 1.29 is 4.42 Å². The summed E-state index contributed by atoms with van der Waals surface area (Å²) < 4.78 is 6.52. The van der Waals surface area contributed by atoms with Crippen molar-refractivity contribution in [1.82, 2.24) is 0 Å². The maximum atomic E-state index is 6.52. The molecule has 334 valence electrons. The lowest BCUT2D eigenvalue weighted by molar-refractivity contribution is 0.506. The van der Waals surface area contributed by atoms with E-state index in [4.69, 9.17) is 4.42 Å². The van der Waals surface area contributed by atoms with E-state index in [2.05, 4.69) is 232 Å². The molecule has 0 unspecified atom stereocenters. The van der Waals surface area contributed by atoms with E-state index in [-0.39, 0.29) is 28.4 Å². The first kappa shape index (κ1) is 43.9. The molecule has 0 saturated heterocycles. The Morgan fingerprint density at radius 3 is 1.53 bits per heavy atom. The van der Waals surface area contributed by atoms with Gasteiger partial charge in [-0.1, -0.05) is 156 Å². The zero-order valence-electron chi connectivity index (χ0n) is 41.5. The Bertz CT molecular complexity index is 3160. The van der Waals surface area contributed by atoms with Crippen LogP contribution in [0.15, 0.2) is 144 Å². The Hall–Kier alpha value is -6.00. The summed E-state index contributed by atoms with van der Waals surface area (Å²) in [5.74, 6) is 0. The van der Waals surface area contributed by atoms with Gasteiger partial charge < -0.3 is 14.2 Å². The van der Waals surface area contributed by atoms with E-state index in [1.807, 2.05) is 0 Å². The predicted octanol–water partition coefficient (Wildman–Crippen LogP) is 16.1. The van der Waals surface area contributed by atoms with Crippen LogP contribution in [0.3, 0.4) is 0 Å². The van der Waals surface area contributed by atoms with E-state index in [1.54, 1.807) is 0 Å². The number of nitrogens with zero attached hydrogens (tertiary/aromatic N) is 2. The molecule has 10 rings (SSSR count). The molecule has 0 saturated carbocycles. The second-order valence-electron chi connectivity index (χ2n) is 21.9. The van der Waals surface area contributed by atoms with Crippen LogP contribution in [0.2, 0.25) is 0 Å². The number of furan rings is 1. The minimum Gasteiger partial charge on any atom is -0.456 e. The zero-order valence-corrected chi connectivity index (χ0v) is 41.5. The molecule has 1 aromatic heterocycles. The van der Waals surface area contributed by atoms with E-state index in [1.165, 1.54) is 78.2 Å². The highest BCUT2D eigenvalue weighted by Gasteiger charge is 2.44. The fraction of sp³-hybridized carbons (Fsp3) is 0.323. The van der Waals surface area contributed by atoms with Crippen molar-refractivity contribution in [2.24, 2.45) is 0 Å². The minimum absolute atomic E-state index is 0.0130. The van der Waals surface area contributed by atoms with Gasteiger partial charge in [0.15, 0.2) is 0 Å². The predicted molar refractivity (Wildman–Crippen MR) is 286 cm³/mol. The third kappa shape index (κ3) is 6.92.